The molecule has 0 amide bonds. The van der Waals surface area contributed by atoms with Crippen LogP contribution in [0, 0.1) is 5.92 Å². The minimum absolute atomic E-state index is 0.514. The van der Waals surface area contributed by atoms with E-state index in [1.54, 1.807) is 0 Å². The smallest absolute Gasteiger partial charge is 0.0107 e. The van der Waals surface area contributed by atoms with Crippen molar-refractivity contribution in [3.05, 3.63) is 35.9 Å². The third-order valence-electron chi connectivity index (χ3n) is 3.60. The van der Waals surface area contributed by atoms with Crippen LogP contribution in [-0.4, -0.2) is 12.1 Å². The first-order chi connectivity index (χ1) is 7.52. The van der Waals surface area contributed by atoms with Crippen molar-refractivity contribution >= 4 is 0 Å². The molecule has 0 aliphatic carbocycles. The second kappa shape index (κ2) is 6.05. The molecule has 1 aromatic rings. The summed E-state index contributed by atoms with van der Waals surface area (Å²) < 4.78 is 0. The minimum Gasteiger partial charge on any atom is -0.311 e. The Bertz CT molecular complexity index is 292. The molecule has 1 rings (SSSR count). The predicted octanol–water partition coefficient (Wildman–Crippen LogP) is 3.81. The molecule has 16 heavy (non-hydrogen) atoms. The van der Waals surface area contributed by atoms with Crippen molar-refractivity contribution in [2.75, 3.05) is 0 Å². The maximum atomic E-state index is 3.68. The molecule has 0 radical (unpaired) electrons. The van der Waals surface area contributed by atoms with Gasteiger partial charge >= 0.3 is 0 Å². The largest absolute Gasteiger partial charge is 0.311 e. The van der Waals surface area contributed by atoms with E-state index in [2.05, 4.69) is 70.3 Å². The first-order valence-electron chi connectivity index (χ1n) is 6.33. The van der Waals surface area contributed by atoms with Gasteiger partial charge in [-0.05, 0) is 31.2 Å². The Morgan fingerprint density at radius 1 is 0.812 bits per heavy atom. The summed E-state index contributed by atoms with van der Waals surface area (Å²) in [7, 11) is 0. The van der Waals surface area contributed by atoms with E-state index < -0.39 is 0 Å². The molecule has 1 nitrogen and oxygen atoms in total. The van der Waals surface area contributed by atoms with Crippen LogP contribution in [0.4, 0.5) is 0 Å². The topological polar surface area (TPSA) is 12.0 Å². The Kier molecular flexibility index (Phi) is 5.01. The van der Waals surface area contributed by atoms with Gasteiger partial charge in [-0.1, -0.05) is 51.1 Å². The standard InChI is InChI=1S/C15H25N/c1-11(2)13(4)16-14(5)12(3)15-9-7-6-8-10-15/h6-14,16H,1-5H3. The number of hydrogen-bond donors (Lipinski definition) is 1. The molecule has 0 heterocycles. The van der Waals surface area contributed by atoms with Gasteiger partial charge in [0.1, 0.15) is 0 Å². The Morgan fingerprint density at radius 2 is 1.38 bits per heavy atom. The van der Waals surface area contributed by atoms with Gasteiger partial charge in [0.25, 0.3) is 0 Å². The molecule has 0 saturated carbocycles. The molecule has 0 aliphatic heterocycles. The van der Waals surface area contributed by atoms with Gasteiger partial charge in [-0.3, -0.25) is 0 Å². The zero-order valence-corrected chi connectivity index (χ0v) is 11.2. The van der Waals surface area contributed by atoms with E-state index in [1.807, 2.05) is 0 Å². The fraction of sp³-hybridized carbons (Fsp3) is 0.600. The first kappa shape index (κ1) is 13.2. The summed E-state index contributed by atoms with van der Waals surface area (Å²) >= 11 is 0. The SMILES string of the molecule is CC(C)C(C)NC(C)C(C)c1ccccc1. The molecule has 90 valence electrons. The Balaban J connectivity index is 2.58. The van der Waals surface area contributed by atoms with E-state index in [4.69, 9.17) is 0 Å². The highest BCUT2D eigenvalue weighted by molar-refractivity contribution is 5.20. The Hall–Kier alpha value is -0.820. The zero-order valence-electron chi connectivity index (χ0n) is 11.2. The van der Waals surface area contributed by atoms with E-state index in [1.165, 1.54) is 5.56 Å². The third kappa shape index (κ3) is 3.64. The number of rotatable bonds is 5. The second-order valence-corrected chi connectivity index (χ2v) is 5.19. The molecule has 0 fully saturated rings. The fourth-order valence-corrected chi connectivity index (χ4v) is 1.80. The number of nitrogens with one attached hydrogen (secondary N) is 1. The van der Waals surface area contributed by atoms with Crippen LogP contribution in [0.5, 0.6) is 0 Å². The molecule has 1 heteroatoms. The quantitative estimate of drug-likeness (QED) is 0.794. The normalized spacial score (nSPS) is 17.1. The lowest BCUT2D eigenvalue weighted by atomic mass is 9.93. The third-order valence-corrected chi connectivity index (χ3v) is 3.60. The summed E-state index contributed by atoms with van der Waals surface area (Å²) in [5, 5.41) is 3.68. The van der Waals surface area contributed by atoms with Crippen LogP contribution in [0.3, 0.4) is 0 Å². The Morgan fingerprint density at radius 3 is 1.88 bits per heavy atom. The van der Waals surface area contributed by atoms with Gasteiger partial charge in [0.05, 0.1) is 0 Å². The van der Waals surface area contributed by atoms with Crippen LogP contribution in [0.1, 0.15) is 46.1 Å². The molecule has 0 spiro atoms. The number of benzene rings is 1. The average molecular weight is 219 g/mol. The van der Waals surface area contributed by atoms with Gasteiger partial charge < -0.3 is 5.32 Å². The molecule has 0 saturated heterocycles. The predicted molar refractivity (Wildman–Crippen MR) is 71.8 cm³/mol. The highest BCUT2D eigenvalue weighted by Gasteiger charge is 2.17. The molecule has 1 N–H and O–H groups in total. The highest BCUT2D eigenvalue weighted by Crippen LogP contribution is 2.19. The molecule has 3 unspecified atom stereocenters. The van der Waals surface area contributed by atoms with E-state index in [-0.39, 0.29) is 0 Å². The van der Waals surface area contributed by atoms with Crippen LogP contribution >= 0.6 is 0 Å². The summed E-state index contributed by atoms with van der Waals surface area (Å²) in [6.45, 7) is 11.4. The van der Waals surface area contributed by atoms with E-state index in [0.29, 0.717) is 23.9 Å². The molecular weight excluding hydrogens is 194 g/mol. The molecule has 0 aliphatic rings. The molecular formula is C15H25N. The molecule has 3 atom stereocenters. The van der Waals surface area contributed by atoms with Crippen LogP contribution in [-0.2, 0) is 0 Å². The average Bonchev–Trinajstić information content (AvgIpc) is 2.28. The summed E-state index contributed by atoms with van der Waals surface area (Å²) in [5.74, 6) is 1.24. The van der Waals surface area contributed by atoms with Gasteiger partial charge in [0, 0.05) is 12.1 Å². The summed E-state index contributed by atoms with van der Waals surface area (Å²) in [6.07, 6.45) is 0. The zero-order chi connectivity index (χ0) is 12.1. The fourth-order valence-electron chi connectivity index (χ4n) is 1.80. The molecule has 1 aromatic carbocycles. The van der Waals surface area contributed by atoms with Crippen LogP contribution in [0.25, 0.3) is 0 Å². The summed E-state index contributed by atoms with van der Waals surface area (Å²) in [5.41, 5.74) is 1.42. The van der Waals surface area contributed by atoms with Crippen molar-refractivity contribution in [2.45, 2.75) is 52.6 Å². The van der Waals surface area contributed by atoms with Gasteiger partial charge in [-0.2, -0.15) is 0 Å². The van der Waals surface area contributed by atoms with Crippen molar-refractivity contribution in [1.29, 1.82) is 0 Å². The highest BCUT2D eigenvalue weighted by atomic mass is 14.9. The maximum Gasteiger partial charge on any atom is 0.0107 e. The second-order valence-electron chi connectivity index (χ2n) is 5.19. The molecule has 0 bridgehead atoms. The van der Waals surface area contributed by atoms with Crippen molar-refractivity contribution in [2.24, 2.45) is 5.92 Å². The van der Waals surface area contributed by atoms with E-state index in [9.17, 15) is 0 Å². The monoisotopic (exact) mass is 219 g/mol. The molecule has 0 aromatic heterocycles. The van der Waals surface area contributed by atoms with Gasteiger partial charge in [-0.25, -0.2) is 0 Å². The Labute approximate surface area is 100 Å². The van der Waals surface area contributed by atoms with Crippen LogP contribution in [0.2, 0.25) is 0 Å². The van der Waals surface area contributed by atoms with Crippen LogP contribution in [0.15, 0.2) is 30.3 Å². The van der Waals surface area contributed by atoms with Crippen LogP contribution < -0.4 is 5.32 Å². The first-order valence-corrected chi connectivity index (χ1v) is 6.33. The minimum atomic E-state index is 0.514. The van der Waals surface area contributed by atoms with Crippen molar-refractivity contribution in [1.82, 2.24) is 5.32 Å². The maximum absolute atomic E-state index is 3.68. The van der Waals surface area contributed by atoms with Crippen molar-refractivity contribution in [3.63, 3.8) is 0 Å². The van der Waals surface area contributed by atoms with E-state index in [0.717, 1.165) is 0 Å². The van der Waals surface area contributed by atoms with Crippen molar-refractivity contribution in [3.8, 4) is 0 Å². The lowest BCUT2D eigenvalue weighted by molar-refractivity contribution is 0.359. The van der Waals surface area contributed by atoms with Crippen molar-refractivity contribution < 1.29 is 0 Å². The van der Waals surface area contributed by atoms with Gasteiger partial charge in [0.2, 0.25) is 0 Å². The summed E-state index contributed by atoms with van der Waals surface area (Å²) in [6, 6.07) is 11.8. The van der Waals surface area contributed by atoms with E-state index >= 15 is 0 Å². The lowest BCUT2D eigenvalue weighted by Crippen LogP contribution is -2.40. The number of hydrogen-bond acceptors (Lipinski definition) is 1. The summed E-state index contributed by atoms with van der Waals surface area (Å²) in [4.78, 5) is 0. The van der Waals surface area contributed by atoms with Gasteiger partial charge in [-0.15, -0.1) is 0 Å². The lowest BCUT2D eigenvalue weighted by Gasteiger charge is -2.27. The van der Waals surface area contributed by atoms with Gasteiger partial charge in [0.15, 0.2) is 0 Å².